The second kappa shape index (κ2) is 17.0. The number of nitrogens with two attached hydrogens (primary N) is 1. The summed E-state index contributed by atoms with van der Waals surface area (Å²) in [5, 5.41) is 30.2. The molecule has 2 aliphatic carbocycles. The second-order valence-corrected chi connectivity index (χ2v) is 21.2. The molecule has 76 heavy (non-hydrogen) atoms. The van der Waals surface area contributed by atoms with Crippen LogP contribution in [0.25, 0.3) is 78.7 Å². The first kappa shape index (κ1) is 46.8. The number of aryl methyl sites for hydroxylation is 2. The quantitative estimate of drug-likeness (QED) is 0.127. The lowest BCUT2D eigenvalue weighted by atomic mass is 9.61. The van der Waals surface area contributed by atoms with E-state index in [1.165, 1.54) is 4.90 Å². The molecule has 3 aliphatic rings. The maximum absolute atomic E-state index is 13.5. The Morgan fingerprint density at radius 2 is 0.868 bits per heavy atom. The van der Waals surface area contributed by atoms with Gasteiger partial charge in [0, 0.05) is 52.8 Å². The molecule has 0 unspecified atom stereocenters. The summed E-state index contributed by atoms with van der Waals surface area (Å²) in [4.78, 5) is 57.5. The lowest BCUT2D eigenvalue weighted by Crippen LogP contribution is -2.63. The summed E-state index contributed by atoms with van der Waals surface area (Å²) in [5.74, 6) is -0.668. The number of aliphatic hydroxyl groups is 2. The van der Waals surface area contributed by atoms with Gasteiger partial charge in [0.1, 0.15) is 11.0 Å². The molecule has 5 aromatic carbocycles. The van der Waals surface area contributed by atoms with E-state index in [1.807, 2.05) is 142 Å². The van der Waals surface area contributed by atoms with Crippen molar-refractivity contribution in [1.29, 1.82) is 0 Å². The summed E-state index contributed by atoms with van der Waals surface area (Å²) >= 11 is 0. The zero-order valence-corrected chi connectivity index (χ0v) is 42.0. The van der Waals surface area contributed by atoms with Gasteiger partial charge in [0.2, 0.25) is 0 Å². The minimum Gasteiger partial charge on any atom is -0.390 e. The van der Waals surface area contributed by atoms with E-state index in [9.17, 15) is 19.8 Å². The normalized spacial score (nSPS) is 21.9. The van der Waals surface area contributed by atoms with Crippen LogP contribution >= 0.6 is 0 Å². The van der Waals surface area contributed by atoms with Crippen LogP contribution in [0.15, 0.2) is 158 Å². The van der Waals surface area contributed by atoms with E-state index in [-0.39, 0.29) is 24.7 Å². The van der Waals surface area contributed by atoms with Gasteiger partial charge < -0.3 is 15.9 Å². The highest BCUT2D eigenvalue weighted by Crippen LogP contribution is 2.55. The molecule has 0 bridgehead atoms. The Labute approximate surface area is 435 Å². The third-order valence-electron chi connectivity index (χ3n) is 15.0. The van der Waals surface area contributed by atoms with Crippen LogP contribution in [0.5, 0.6) is 0 Å². The van der Waals surface area contributed by atoms with Gasteiger partial charge in [-0.2, -0.15) is 19.2 Å². The lowest BCUT2D eigenvalue weighted by Gasteiger charge is -2.55. The van der Waals surface area contributed by atoms with Gasteiger partial charge in [-0.25, -0.2) is 29.9 Å². The van der Waals surface area contributed by atoms with Crippen molar-refractivity contribution < 1.29 is 19.8 Å². The van der Waals surface area contributed by atoms with Crippen LogP contribution in [0.2, 0.25) is 0 Å². The van der Waals surface area contributed by atoms with Gasteiger partial charge in [-0.1, -0.05) is 121 Å². The minimum atomic E-state index is -1.00. The molecule has 1 aliphatic heterocycles. The number of benzene rings is 5. The van der Waals surface area contributed by atoms with Crippen molar-refractivity contribution in [3.05, 3.63) is 192 Å². The molecular formula is C60H50N12O4. The monoisotopic (exact) mass is 1000 g/mol. The lowest BCUT2D eigenvalue weighted by molar-refractivity contribution is -0.118. The van der Waals surface area contributed by atoms with Gasteiger partial charge >= 0.3 is 0 Å². The number of aromatic nitrogens is 10. The highest BCUT2D eigenvalue weighted by atomic mass is 16.3. The first-order chi connectivity index (χ1) is 36.6. The Morgan fingerprint density at radius 1 is 0.487 bits per heavy atom. The van der Waals surface area contributed by atoms with E-state index in [2.05, 4.69) is 20.2 Å². The maximum Gasteiger partial charge on any atom is 0.262 e. The van der Waals surface area contributed by atoms with Crippen molar-refractivity contribution in [3.63, 3.8) is 0 Å². The average Bonchev–Trinajstić information content (AvgIpc) is 4.23. The van der Waals surface area contributed by atoms with E-state index < -0.39 is 22.3 Å². The topological polar surface area (TPSA) is 216 Å². The van der Waals surface area contributed by atoms with E-state index in [4.69, 9.17) is 25.7 Å². The molecule has 2 amide bonds. The molecule has 0 atom stereocenters. The third-order valence-corrected chi connectivity index (χ3v) is 15.0. The van der Waals surface area contributed by atoms with E-state index >= 15 is 0 Å². The van der Waals surface area contributed by atoms with Crippen molar-refractivity contribution in [3.8, 4) is 45.0 Å². The smallest absolute Gasteiger partial charge is 0.262 e. The van der Waals surface area contributed by atoms with Gasteiger partial charge in [-0.05, 0) is 63.8 Å². The fourth-order valence-corrected chi connectivity index (χ4v) is 11.8. The van der Waals surface area contributed by atoms with E-state index in [0.29, 0.717) is 63.3 Å². The molecule has 374 valence electrons. The maximum atomic E-state index is 13.5. The van der Waals surface area contributed by atoms with Gasteiger partial charge in [0.25, 0.3) is 11.8 Å². The van der Waals surface area contributed by atoms with Crippen molar-refractivity contribution >= 4 is 45.4 Å². The number of amides is 2. The molecule has 0 radical (unpaired) electrons. The molecule has 6 aromatic heterocycles. The van der Waals surface area contributed by atoms with Crippen molar-refractivity contribution in [2.75, 3.05) is 0 Å². The summed E-state index contributed by atoms with van der Waals surface area (Å²) in [6, 6.07) is 46.5. The standard InChI is InChI=1S/C34H26N6O3.C26H24N6O/c1-20-16-27-35-17-26-30(40(27)38-20)37-29(28(36-26)21-8-4-3-5-9-21)22-12-14-23(15-13-22)34(18-33(2,43)19-34)39-31(41)24-10-6-7-11-25(24)32(39)42;1-16-12-21-28-13-20-24(32(21)31-16)30-23(22(29-20)17-6-4-3-5-7-17)18-8-10-19(11-9-18)26(27)14-25(2,33)15-26/h3-17,43H,18-19H2,1-2H3;3-13,33H,14-15,27H2,1-2H3. The first-order valence-electron chi connectivity index (χ1n) is 25.2. The van der Waals surface area contributed by atoms with Crippen LogP contribution < -0.4 is 5.73 Å². The number of hydrogen-bond donors (Lipinski definition) is 3. The van der Waals surface area contributed by atoms with Crippen molar-refractivity contribution in [2.45, 2.75) is 75.7 Å². The Bertz CT molecular complexity index is 4110. The molecule has 7 heterocycles. The van der Waals surface area contributed by atoms with Gasteiger partial charge in [0.05, 0.1) is 74.4 Å². The predicted molar refractivity (Wildman–Crippen MR) is 288 cm³/mol. The highest BCUT2D eigenvalue weighted by molar-refractivity contribution is 6.22. The molecule has 14 rings (SSSR count). The number of imide groups is 1. The molecular weight excluding hydrogens is 953 g/mol. The largest absolute Gasteiger partial charge is 0.390 e. The van der Waals surface area contributed by atoms with Crippen molar-refractivity contribution in [1.82, 2.24) is 54.0 Å². The van der Waals surface area contributed by atoms with Crippen LogP contribution in [-0.4, -0.2) is 87.3 Å². The molecule has 11 aromatic rings. The van der Waals surface area contributed by atoms with Crippen LogP contribution in [0.4, 0.5) is 0 Å². The Hall–Kier alpha value is -8.96. The highest BCUT2D eigenvalue weighted by Gasteiger charge is 2.61. The average molecular weight is 1000 g/mol. The number of carbonyl (C=O) groups is 2. The molecule has 2 saturated carbocycles. The van der Waals surface area contributed by atoms with Crippen LogP contribution in [-0.2, 0) is 11.1 Å². The molecule has 4 N–H and O–H groups in total. The van der Waals surface area contributed by atoms with Crippen molar-refractivity contribution in [2.24, 2.45) is 5.73 Å². The molecule has 0 saturated heterocycles. The molecule has 0 spiro atoms. The third kappa shape index (κ3) is 7.71. The van der Waals surface area contributed by atoms with Gasteiger partial charge in [-0.15, -0.1) is 0 Å². The first-order valence-corrected chi connectivity index (χ1v) is 25.2. The van der Waals surface area contributed by atoms with E-state index in [0.717, 1.165) is 61.8 Å². The van der Waals surface area contributed by atoms with Gasteiger partial charge in [-0.3, -0.25) is 14.5 Å². The fourth-order valence-electron chi connectivity index (χ4n) is 11.8. The Morgan fingerprint density at radius 3 is 1.29 bits per heavy atom. The summed E-state index contributed by atoms with van der Waals surface area (Å²) in [6.45, 7) is 7.41. The number of rotatable bonds is 7. The Kier molecular flexibility index (Phi) is 10.5. The number of fused-ring (bicyclic) bond motifs is 7. The van der Waals surface area contributed by atoms with E-state index in [1.54, 1.807) is 52.6 Å². The summed E-state index contributed by atoms with van der Waals surface area (Å²) in [5.41, 5.74) is 18.2. The van der Waals surface area contributed by atoms with Gasteiger partial charge in [0.15, 0.2) is 22.6 Å². The Balaban J connectivity index is 0.000000151. The van der Waals surface area contributed by atoms with Crippen LogP contribution in [0.1, 0.15) is 82.8 Å². The minimum absolute atomic E-state index is 0.249. The number of hydrogen-bond acceptors (Lipinski definition) is 13. The second-order valence-electron chi connectivity index (χ2n) is 21.2. The summed E-state index contributed by atoms with van der Waals surface area (Å²) in [7, 11) is 0. The number of nitrogens with zero attached hydrogens (tertiary/aromatic N) is 11. The molecule has 16 heteroatoms. The summed E-state index contributed by atoms with van der Waals surface area (Å²) in [6.07, 6.45) is 5.06. The summed E-state index contributed by atoms with van der Waals surface area (Å²) < 4.78 is 3.45. The predicted octanol–water partition coefficient (Wildman–Crippen LogP) is 9.36. The molecule has 2 fully saturated rings. The number of carbonyl (C=O) groups excluding carboxylic acids is 2. The fraction of sp³-hybridized carbons (Fsp3) is 0.200. The zero-order chi connectivity index (χ0) is 52.3. The SMILES string of the molecule is Cc1cc2ncc3nc(-c4ccccc4)c(-c4ccc(C5(N)CC(C)(O)C5)cc4)nc3n2n1.Cc1cc2ncc3nc(-c4ccccc4)c(-c4ccc(C5(N6C(=O)c7ccccc7C6=O)CC(C)(O)C5)cc4)nc3n2n1. The van der Waals surface area contributed by atoms with Crippen LogP contribution in [0.3, 0.4) is 0 Å². The molecule has 16 nitrogen and oxygen atoms in total. The van der Waals surface area contributed by atoms with Crippen LogP contribution in [0, 0.1) is 13.8 Å². The zero-order valence-electron chi connectivity index (χ0n) is 42.0.